The number of anilines is 3. The lowest BCUT2D eigenvalue weighted by atomic mass is 10.1. The van der Waals surface area contributed by atoms with Crippen molar-refractivity contribution < 1.29 is 4.74 Å². The molecule has 0 bridgehead atoms. The predicted octanol–water partition coefficient (Wildman–Crippen LogP) is 4.22. The second-order valence-corrected chi connectivity index (χ2v) is 4.98. The number of rotatable bonds is 3. The van der Waals surface area contributed by atoms with E-state index in [1.807, 2.05) is 36.4 Å². The Morgan fingerprint density at radius 2 is 1.95 bits per heavy atom. The smallest absolute Gasteiger partial charge is 0.121 e. The Balaban J connectivity index is 2.04. The van der Waals surface area contributed by atoms with Gasteiger partial charge in [0.2, 0.25) is 0 Å². The highest BCUT2D eigenvalue weighted by atomic mass is 35.5. The van der Waals surface area contributed by atoms with Crippen molar-refractivity contribution >= 4 is 39.6 Å². The van der Waals surface area contributed by atoms with Gasteiger partial charge in [0.15, 0.2) is 0 Å². The lowest BCUT2D eigenvalue weighted by molar-refractivity contribution is 0.415. The quantitative estimate of drug-likeness (QED) is 0.711. The minimum Gasteiger partial charge on any atom is -0.497 e. The van der Waals surface area contributed by atoms with E-state index in [9.17, 15) is 0 Å². The van der Waals surface area contributed by atoms with Crippen molar-refractivity contribution in [3.05, 3.63) is 53.7 Å². The normalized spacial score (nSPS) is 10.6. The Labute approximate surface area is 127 Å². The van der Waals surface area contributed by atoms with Gasteiger partial charge in [-0.25, -0.2) is 0 Å². The van der Waals surface area contributed by atoms with Gasteiger partial charge >= 0.3 is 0 Å². The molecule has 0 saturated carbocycles. The van der Waals surface area contributed by atoms with Gasteiger partial charge < -0.3 is 15.8 Å². The minimum atomic E-state index is 0.605. The van der Waals surface area contributed by atoms with Gasteiger partial charge in [0.1, 0.15) is 5.75 Å². The first-order valence-electron chi connectivity index (χ1n) is 6.43. The van der Waals surface area contributed by atoms with Gasteiger partial charge in [0, 0.05) is 17.6 Å². The molecule has 1 aromatic heterocycles. The van der Waals surface area contributed by atoms with Crippen LogP contribution >= 0.6 is 11.6 Å². The average Bonchev–Trinajstić information content (AvgIpc) is 2.52. The van der Waals surface area contributed by atoms with E-state index in [1.54, 1.807) is 19.4 Å². The summed E-state index contributed by atoms with van der Waals surface area (Å²) in [6, 6.07) is 13.0. The number of nitrogens with one attached hydrogen (secondary N) is 1. The fraction of sp³-hybridized carbons (Fsp3) is 0.0625. The average molecular weight is 300 g/mol. The maximum absolute atomic E-state index is 6.19. The Bertz CT molecular complexity index is 805. The van der Waals surface area contributed by atoms with Gasteiger partial charge in [0.25, 0.3) is 0 Å². The number of nitrogens with two attached hydrogens (primary N) is 1. The second-order valence-electron chi connectivity index (χ2n) is 4.57. The predicted molar refractivity (Wildman–Crippen MR) is 87.4 cm³/mol. The van der Waals surface area contributed by atoms with E-state index in [0.717, 1.165) is 28.0 Å². The number of ether oxygens (including phenoxy) is 1. The van der Waals surface area contributed by atoms with Crippen LogP contribution in [0.5, 0.6) is 5.75 Å². The maximum Gasteiger partial charge on any atom is 0.121 e. The molecule has 0 fully saturated rings. The molecule has 4 nitrogen and oxygen atoms in total. The third-order valence-electron chi connectivity index (χ3n) is 3.24. The van der Waals surface area contributed by atoms with Crippen molar-refractivity contribution in [2.75, 3.05) is 18.2 Å². The zero-order valence-electron chi connectivity index (χ0n) is 11.4. The van der Waals surface area contributed by atoms with Crippen LogP contribution in [0.4, 0.5) is 17.1 Å². The molecule has 1 heterocycles. The highest BCUT2D eigenvalue weighted by molar-refractivity contribution is 6.35. The van der Waals surface area contributed by atoms with E-state index in [0.29, 0.717) is 10.7 Å². The van der Waals surface area contributed by atoms with Crippen molar-refractivity contribution in [2.24, 2.45) is 0 Å². The fourth-order valence-corrected chi connectivity index (χ4v) is 2.38. The van der Waals surface area contributed by atoms with E-state index >= 15 is 0 Å². The molecule has 21 heavy (non-hydrogen) atoms. The lowest BCUT2D eigenvalue weighted by Gasteiger charge is -2.12. The molecule has 3 rings (SSSR count). The molecule has 0 aliphatic rings. The highest BCUT2D eigenvalue weighted by Crippen LogP contribution is 2.32. The van der Waals surface area contributed by atoms with Gasteiger partial charge in [-0.15, -0.1) is 0 Å². The molecular weight excluding hydrogens is 286 g/mol. The van der Waals surface area contributed by atoms with Gasteiger partial charge in [0.05, 0.1) is 34.7 Å². The molecule has 2 aromatic carbocycles. The first kappa shape index (κ1) is 13.5. The van der Waals surface area contributed by atoms with Crippen LogP contribution in [-0.2, 0) is 0 Å². The summed E-state index contributed by atoms with van der Waals surface area (Å²) in [4.78, 5) is 4.39. The van der Waals surface area contributed by atoms with E-state index in [1.165, 1.54) is 0 Å². The summed E-state index contributed by atoms with van der Waals surface area (Å²) < 4.78 is 5.15. The molecule has 5 heteroatoms. The number of benzene rings is 2. The minimum absolute atomic E-state index is 0.605. The van der Waals surface area contributed by atoms with Crippen molar-refractivity contribution in [2.45, 2.75) is 0 Å². The van der Waals surface area contributed by atoms with E-state index < -0.39 is 0 Å². The van der Waals surface area contributed by atoms with Gasteiger partial charge in [-0.3, -0.25) is 4.98 Å². The van der Waals surface area contributed by atoms with Crippen LogP contribution in [0.1, 0.15) is 0 Å². The summed E-state index contributed by atoms with van der Waals surface area (Å²) in [5.74, 6) is 0.720. The van der Waals surface area contributed by atoms with Crippen molar-refractivity contribution in [3.63, 3.8) is 0 Å². The van der Waals surface area contributed by atoms with Gasteiger partial charge in [-0.2, -0.15) is 0 Å². The summed E-state index contributed by atoms with van der Waals surface area (Å²) in [5, 5.41) is 4.86. The Hall–Kier alpha value is -2.46. The monoisotopic (exact) mass is 299 g/mol. The van der Waals surface area contributed by atoms with Crippen LogP contribution in [0.3, 0.4) is 0 Å². The molecule has 0 aliphatic heterocycles. The third-order valence-corrected chi connectivity index (χ3v) is 3.57. The molecule has 0 saturated heterocycles. The summed E-state index contributed by atoms with van der Waals surface area (Å²) in [7, 11) is 1.61. The molecule has 0 aliphatic carbocycles. The summed E-state index contributed by atoms with van der Waals surface area (Å²) >= 11 is 6.19. The largest absolute Gasteiger partial charge is 0.497 e. The standard InChI is InChI=1S/C16H14ClN3O/c1-21-10-4-6-14(13(18)9-10)20-15-7-5-12(17)11-3-2-8-19-16(11)15/h2-9,20H,18H2,1H3. The molecule has 0 spiro atoms. The zero-order chi connectivity index (χ0) is 14.8. The highest BCUT2D eigenvalue weighted by Gasteiger charge is 2.08. The molecule has 0 radical (unpaired) electrons. The molecule has 0 amide bonds. The number of methoxy groups -OCH3 is 1. The molecule has 0 unspecified atom stereocenters. The number of halogens is 1. The number of aromatic nitrogens is 1. The van der Waals surface area contributed by atoms with Crippen molar-refractivity contribution in [3.8, 4) is 5.75 Å². The van der Waals surface area contributed by atoms with Crippen LogP contribution in [0.15, 0.2) is 48.7 Å². The topological polar surface area (TPSA) is 60.2 Å². The molecular formula is C16H14ClN3O. The number of fused-ring (bicyclic) bond motifs is 1. The third kappa shape index (κ3) is 2.58. The SMILES string of the molecule is COc1ccc(Nc2ccc(Cl)c3cccnc23)c(N)c1. The van der Waals surface area contributed by atoms with Gasteiger partial charge in [-0.1, -0.05) is 11.6 Å². The van der Waals surface area contributed by atoms with E-state index in [4.69, 9.17) is 22.1 Å². The fourth-order valence-electron chi connectivity index (χ4n) is 2.17. The second kappa shape index (κ2) is 5.50. The van der Waals surface area contributed by atoms with Crippen LogP contribution in [-0.4, -0.2) is 12.1 Å². The van der Waals surface area contributed by atoms with Gasteiger partial charge in [-0.05, 0) is 36.4 Å². The van der Waals surface area contributed by atoms with E-state index in [2.05, 4.69) is 10.3 Å². The van der Waals surface area contributed by atoms with Crippen LogP contribution in [0, 0.1) is 0 Å². The lowest BCUT2D eigenvalue weighted by Crippen LogP contribution is -1.98. The summed E-state index contributed by atoms with van der Waals surface area (Å²) in [6.45, 7) is 0. The summed E-state index contributed by atoms with van der Waals surface area (Å²) in [5.41, 5.74) is 9.09. The van der Waals surface area contributed by atoms with Crippen LogP contribution in [0.25, 0.3) is 10.9 Å². The number of nitrogens with zero attached hydrogens (tertiary/aromatic N) is 1. The molecule has 3 aromatic rings. The number of hydrogen-bond donors (Lipinski definition) is 2. The van der Waals surface area contributed by atoms with Crippen LogP contribution in [0.2, 0.25) is 5.02 Å². The Morgan fingerprint density at radius 1 is 1.14 bits per heavy atom. The summed E-state index contributed by atoms with van der Waals surface area (Å²) in [6.07, 6.45) is 1.74. The Morgan fingerprint density at radius 3 is 2.71 bits per heavy atom. The maximum atomic E-state index is 6.19. The number of hydrogen-bond acceptors (Lipinski definition) is 4. The molecule has 106 valence electrons. The number of pyridine rings is 1. The Kier molecular flexibility index (Phi) is 3.54. The first-order chi connectivity index (χ1) is 10.2. The zero-order valence-corrected chi connectivity index (χ0v) is 12.2. The first-order valence-corrected chi connectivity index (χ1v) is 6.80. The molecule has 3 N–H and O–H groups in total. The van der Waals surface area contributed by atoms with Crippen molar-refractivity contribution in [1.29, 1.82) is 0 Å². The molecule has 0 atom stereocenters. The van der Waals surface area contributed by atoms with Crippen molar-refractivity contribution in [1.82, 2.24) is 4.98 Å². The van der Waals surface area contributed by atoms with Crippen LogP contribution < -0.4 is 15.8 Å². The number of nitrogen functional groups attached to an aromatic ring is 1. The van der Waals surface area contributed by atoms with E-state index in [-0.39, 0.29) is 0 Å².